The second-order valence-electron chi connectivity index (χ2n) is 5.20. The number of hydrogen-bond acceptors (Lipinski definition) is 4. The molecule has 1 amide bonds. The van der Waals surface area contributed by atoms with Gasteiger partial charge in [0.1, 0.15) is 11.6 Å². The Morgan fingerprint density at radius 1 is 1.35 bits per heavy atom. The Morgan fingerprint density at radius 3 is 2.57 bits per heavy atom. The summed E-state index contributed by atoms with van der Waals surface area (Å²) < 4.78 is 0. The summed E-state index contributed by atoms with van der Waals surface area (Å²) in [5, 5.41) is 21.5. The highest BCUT2D eigenvalue weighted by Crippen LogP contribution is 2.21. The van der Waals surface area contributed by atoms with E-state index < -0.39 is 17.8 Å². The summed E-state index contributed by atoms with van der Waals surface area (Å²) in [6.45, 7) is 0.668. The van der Waals surface area contributed by atoms with Crippen LogP contribution in [0.15, 0.2) is 36.0 Å². The molecule has 0 saturated carbocycles. The van der Waals surface area contributed by atoms with Crippen LogP contribution in [0.3, 0.4) is 0 Å². The van der Waals surface area contributed by atoms with E-state index in [2.05, 4.69) is 5.32 Å². The lowest BCUT2D eigenvalue weighted by Gasteiger charge is -2.29. The zero-order chi connectivity index (χ0) is 16.8. The molecule has 1 aromatic carbocycles. The zero-order valence-electron chi connectivity index (χ0n) is 12.3. The maximum atomic E-state index is 12.3. The quantitative estimate of drug-likeness (QED) is 0.652. The molecule has 1 saturated heterocycles. The van der Waals surface area contributed by atoms with Crippen LogP contribution in [0, 0.1) is 17.2 Å². The number of piperidine rings is 1. The van der Waals surface area contributed by atoms with Crippen molar-refractivity contribution >= 4 is 29.2 Å². The van der Waals surface area contributed by atoms with Crippen LogP contribution in [-0.2, 0) is 9.59 Å². The number of halogens is 1. The largest absolute Gasteiger partial charge is 0.481 e. The van der Waals surface area contributed by atoms with Crippen LogP contribution in [0.25, 0.3) is 0 Å². The number of carbonyl (C=O) groups is 2. The monoisotopic (exact) mass is 333 g/mol. The van der Waals surface area contributed by atoms with Gasteiger partial charge in [0.05, 0.1) is 16.6 Å². The van der Waals surface area contributed by atoms with Crippen molar-refractivity contribution in [3.05, 3.63) is 41.1 Å². The van der Waals surface area contributed by atoms with Crippen molar-refractivity contribution in [1.82, 2.24) is 4.90 Å². The topological polar surface area (TPSA) is 93.4 Å². The molecule has 120 valence electrons. The van der Waals surface area contributed by atoms with Gasteiger partial charge < -0.3 is 15.3 Å². The number of nitrogens with zero attached hydrogens (tertiary/aromatic N) is 2. The zero-order valence-corrected chi connectivity index (χ0v) is 13.1. The Bertz CT molecular complexity index is 673. The maximum absolute atomic E-state index is 12.3. The van der Waals surface area contributed by atoms with Crippen molar-refractivity contribution < 1.29 is 14.7 Å². The number of carboxylic acids is 1. The molecule has 7 heteroatoms. The third-order valence-electron chi connectivity index (χ3n) is 3.73. The lowest BCUT2D eigenvalue weighted by atomic mass is 9.97. The Morgan fingerprint density at radius 2 is 2.00 bits per heavy atom. The molecule has 1 fully saturated rings. The number of carbonyl (C=O) groups excluding carboxylic acids is 1. The van der Waals surface area contributed by atoms with Crippen molar-refractivity contribution in [2.45, 2.75) is 12.8 Å². The average Bonchev–Trinajstić information content (AvgIpc) is 2.56. The molecule has 6 nitrogen and oxygen atoms in total. The molecule has 2 N–H and O–H groups in total. The molecule has 0 unspecified atom stereocenters. The summed E-state index contributed by atoms with van der Waals surface area (Å²) in [4.78, 5) is 24.8. The average molecular weight is 334 g/mol. The number of nitrogens with one attached hydrogen (secondary N) is 1. The van der Waals surface area contributed by atoms with E-state index in [4.69, 9.17) is 16.7 Å². The molecule has 0 aliphatic carbocycles. The lowest BCUT2D eigenvalue weighted by molar-refractivity contribution is -0.145. The van der Waals surface area contributed by atoms with Gasteiger partial charge in [0.25, 0.3) is 5.91 Å². The molecule has 0 atom stereocenters. The highest BCUT2D eigenvalue weighted by atomic mass is 35.5. The van der Waals surface area contributed by atoms with Crippen molar-refractivity contribution in [1.29, 1.82) is 5.26 Å². The minimum absolute atomic E-state index is 0.0429. The molecular formula is C16H16ClN3O3. The van der Waals surface area contributed by atoms with Crippen LogP contribution in [-0.4, -0.2) is 35.0 Å². The summed E-state index contributed by atoms with van der Waals surface area (Å²) in [7, 11) is 0. The molecule has 1 aliphatic heterocycles. The molecule has 0 radical (unpaired) electrons. The van der Waals surface area contributed by atoms with Gasteiger partial charge >= 0.3 is 5.97 Å². The fourth-order valence-corrected chi connectivity index (χ4v) is 2.56. The van der Waals surface area contributed by atoms with Crippen molar-refractivity contribution in [2.24, 2.45) is 5.92 Å². The number of carboxylic acid groups (broad SMARTS) is 1. The normalized spacial score (nSPS) is 15.8. The number of hydrogen-bond donors (Lipinski definition) is 2. The number of benzene rings is 1. The van der Waals surface area contributed by atoms with E-state index in [0.29, 0.717) is 36.6 Å². The molecule has 1 aliphatic rings. The van der Waals surface area contributed by atoms with E-state index >= 15 is 0 Å². The van der Waals surface area contributed by atoms with Crippen molar-refractivity contribution in [2.75, 3.05) is 18.4 Å². The number of rotatable bonds is 4. The predicted octanol–water partition coefficient (Wildman–Crippen LogP) is 2.48. The van der Waals surface area contributed by atoms with Crippen LogP contribution in [0.1, 0.15) is 12.8 Å². The van der Waals surface area contributed by atoms with Gasteiger partial charge in [0.2, 0.25) is 0 Å². The Labute approximate surface area is 139 Å². The van der Waals surface area contributed by atoms with Gasteiger partial charge in [-0.2, -0.15) is 5.26 Å². The van der Waals surface area contributed by atoms with Crippen LogP contribution < -0.4 is 5.32 Å². The number of amides is 1. The third kappa shape index (κ3) is 4.24. The lowest BCUT2D eigenvalue weighted by Crippen LogP contribution is -2.40. The smallest absolute Gasteiger partial charge is 0.306 e. The fraction of sp³-hybridized carbons (Fsp3) is 0.312. The SMILES string of the molecule is N#C/C(=C/Nc1ccccc1Cl)C(=O)N1CCC(C(=O)O)CC1. The van der Waals surface area contributed by atoms with Gasteiger partial charge in [-0.05, 0) is 25.0 Å². The first kappa shape index (κ1) is 16.8. The molecule has 0 aromatic heterocycles. The van der Waals surface area contributed by atoms with Crippen LogP contribution in [0.4, 0.5) is 5.69 Å². The van der Waals surface area contributed by atoms with Crippen LogP contribution in [0.5, 0.6) is 0 Å². The Kier molecular flexibility index (Phi) is 5.61. The number of likely N-dealkylation sites (tertiary alicyclic amines) is 1. The molecule has 0 bridgehead atoms. The first-order chi connectivity index (χ1) is 11.0. The summed E-state index contributed by atoms with van der Waals surface area (Å²) >= 11 is 6.00. The van der Waals surface area contributed by atoms with Crippen molar-refractivity contribution in [3.8, 4) is 6.07 Å². The van der Waals surface area contributed by atoms with Crippen LogP contribution in [0.2, 0.25) is 5.02 Å². The molecule has 1 aromatic rings. The van der Waals surface area contributed by atoms with E-state index in [-0.39, 0.29) is 5.57 Å². The molecular weight excluding hydrogens is 318 g/mol. The summed E-state index contributed by atoms with van der Waals surface area (Å²) in [6.07, 6.45) is 2.13. The molecule has 2 rings (SSSR count). The minimum Gasteiger partial charge on any atom is -0.481 e. The number of aliphatic carboxylic acids is 1. The standard InChI is InChI=1S/C16H16ClN3O3/c17-13-3-1-2-4-14(13)19-10-12(9-18)15(21)20-7-5-11(6-8-20)16(22)23/h1-4,10-11,19H,5-8H2,(H,22,23)/b12-10-. The van der Waals surface area contributed by atoms with Gasteiger partial charge in [-0.3, -0.25) is 9.59 Å². The van der Waals surface area contributed by atoms with Gasteiger partial charge in [-0.15, -0.1) is 0 Å². The van der Waals surface area contributed by atoms with E-state index in [1.54, 1.807) is 24.3 Å². The molecule has 23 heavy (non-hydrogen) atoms. The maximum Gasteiger partial charge on any atom is 0.306 e. The van der Waals surface area contributed by atoms with Crippen LogP contribution >= 0.6 is 11.6 Å². The number of anilines is 1. The highest BCUT2D eigenvalue weighted by Gasteiger charge is 2.28. The van der Waals surface area contributed by atoms with E-state index in [0.717, 1.165) is 0 Å². The van der Waals surface area contributed by atoms with E-state index in [1.807, 2.05) is 6.07 Å². The second-order valence-corrected chi connectivity index (χ2v) is 5.61. The summed E-state index contributed by atoms with van der Waals surface area (Å²) in [6, 6.07) is 8.86. The fourth-order valence-electron chi connectivity index (χ4n) is 2.37. The van der Waals surface area contributed by atoms with Crippen molar-refractivity contribution in [3.63, 3.8) is 0 Å². The predicted molar refractivity (Wildman–Crippen MR) is 85.7 cm³/mol. The number of nitriles is 1. The minimum atomic E-state index is -0.839. The van der Waals surface area contributed by atoms with Gasteiger partial charge in [-0.25, -0.2) is 0 Å². The number of para-hydroxylation sites is 1. The Hall–Kier alpha value is -2.52. The second kappa shape index (κ2) is 7.65. The first-order valence-electron chi connectivity index (χ1n) is 7.16. The summed E-state index contributed by atoms with van der Waals surface area (Å²) in [5.41, 5.74) is 0.554. The Balaban J connectivity index is 2.02. The molecule has 1 heterocycles. The van der Waals surface area contributed by atoms with Gasteiger partial charge in [0.15, 0.2) is 0 Å². The summed E-state index contributed by atoms with van der Waals surface area (Å²) in [5.74, 6) is -1.67. The molecule has 0 spiro atoms. The van der Waals surface area contributed by atoms with E-state index in [9.17, 15) is 14.9 Å². The third-order valence-corrected chi connectivity index (χ3v) is 4.06. The van der Waals surface area contributed by atoms with Gasteiger partial charge in [0, 0.05) is 19.3 Å². The van der Waals surface area contributed by atoms with E-state index in [1.165, 1.54) is 11.1 Å². The first-order valence-corrected chi connectivity index (χ1v) is 7.54. The van der Waals surface area contributed by atoms with Gasteiger partial charge in [-0.1, -0.05) is 23.7 Å². The highest BCUT2D eigenvalue weighted by molar-refractivity contribution is 6.33.